The number of benzene rings is 1. The van der Waals surface area contributed by atoms with E-state index in [9.17, 15) is 5.11 Å². The Morgan fingerprint density at radius 3 is 2.95 bits per heavy atom. The molecule has 19 heavy (non-hydrogen) atoms. The quantitative estimate of drug-likeness (QED) is 0.757. The summed E-state index contributed by atoms with van der Waals surface area (Å²) in [5, 5.41) is 21.5. The first-order valence-corrected chi connectivity index (χ1v) is 7.07. The molecule has 1 heterocycles. The normalized spacial score (nSPS) is 21.2. The van der Waals surface area contributed by atoms with Gasteiger partial charge in [-0.15, -0.1) is 0 Å². The predicted molar refractivity (Wildman–Crippen MR) is 78.6 cm³/mol. The minimum atomic E-state index is -0.715. The van der Waals surface area contributed by atoms with Crippen LogP contribution in [0.25, 0.3) is 0 Å². The lowest BCUT2D eigenvalue weighted by molar-refractivity contribution is 0.105. The highest BCUT2D eigenvalue weighted by atomic mass is 16.3. The Labute approximate surface area is 115 Å². The molecule has 0 aliphatic carbocycles. The molecule has 1 saturated heterocycles. The van der Waals surface area contributed by atoms with Crippen LogP contribution in [0, 0.1) is 5.92 Å². The Kier molecular flexibility index (Phi) is 5.05. The van der Waals surface area contributed by atoms with Gasteiger partial charge in [-0.05, 0) is 30.9 Å². The molecule has 0 amide bonds. The first-order chi connectivity index (χ1) is 9.20. The monoisotopic (exact) mass is 264 g/mol. The first kappa shape index (κ1) is 14.2. The lowest BCUT2D eigenvalue weighted by atomic mass is 9.99. The highest BCUT2D eigenvalue weighted by Gasteiger charge is 2.18. The number of anilines is 2. The second kappa shape index (κ2) is 6.78. The van der Waals surface area contributed by atoms with Crippen LogP contribution < -0.4 is 10.2 Å². The van der Waals surface area contributed by atoms with Crippen molar-refractivity contribution >= 4 is 11.4 Å². The lowest BCUT2D eigenvalue weighted by Gasteiger charge is -2.34. The Balaban J connectivity index is 2.07. The van der Waals surface area contributed by atoms with Gasteiger partial charge >= 0.3 is 0 Å². The number of hydrogen-bond acceptors (Lipinski definition) is 4. The van der Waals surface area contributed by atoms with E-state index in [0.29, 0.717) is 6.54 Å². The van der Waals surface area contributed by atoms with Gasteiger partial charge in [-0.25, -0.2) is 0 Å². The molecule has 1 aliphatic heterocycles. The van der Waals surface area contributed by atoms with Crippen LogP contribution in [0.3, 0.4) is 0 Å². The average molecular weight is 264 g/mol. The Bertz CT molecular complexity index is 397. The third-order valence-electron chi connectivity index (χ3n) is 3.64. The molecule has 3 N–H and O–H groups in total. The SMILES string of the molecule is CC1CCCN(c2ccccc2NCC(O)CO)C1. The number of hydrogen-bond donors (Lipinski definition) is 3. The minimum Gasteiger partial charge on any atom is -0.394 e. The summed E-state index contributed by atoms with van der Waals surface area (Å²) >= 11 is 0. The van der Waals surface area contributed by atoms with E-state index in [0.717, 1.165) is 24.7 Å². The fraction of sp³-hybridized carbons (Fsp3) is 0.600. The third-order valence-corrected chi connectivity index (χ3v) is 3.64. The number of para-hydroxylation sites is 2. The van der Waals surface area contributed by atoms with Gasteiger partial charge < -0.3 is 20.4 Å². The van der Waals surface area contributed by atoms with Crippen LogP contribution >= 0.6 is 0 Å². The smallest absolute Gasteiger partial charge is 0.0942 e. The van der Waals surface area contributed by atoms with Crippen LogP contribution in [0.5, 0.6) is 0 Å². The van der Waals surface area contributed by atoms with E-state index in [1.165, 1.54) is 18.5 Å². The zero-order valence-electron chi connectivity index (χ0n) is 11.5. The van der Waals surface area contributed by atoms with Gasteiger partial charge in [0.05, 0.1) is 24.1 Å². The summed E-state index contributed by atoms with van der Waals surface area (Å²) in [5.41, 5.74) is 2.23. The fourth-order valence-electron chi connectivity index (χ4n) is 2.60. The van der Waals surface area contributed by atoms with Crippen molar-refractivity contribution in [3.05, 3.63) is 24.3 Å². The van der Waals surface area contributed by atoms with Crippen molar-refractivity contribution in [3.63, 3.8) is 0 Å². The van der Waals surface area contributed by atoms with Gasteiger partial charge in [-0.3, -0.25) is 0 Å². The minimum absolute atomic E-state index is 0.212. The van der Waals surface area contributed by atoms with E-state index in [-0.39, 0.29) is 6.61 Å². The number of nitrogens with zero attached hydrogens (tertiary/aromatic N) is 1. The molecular formula is C15H24N2O2. The second-order valence-electron chi connectivity index (χ2n) is 5.43. The standard InChI is InChI=1S/C15H24N2O2/c1-12-5-4-8-17(10-12)15-7-3-2-6-14(15)16-9-13(19)11-18/h2-3,6-7,12-13,16,18-19H,4-5,8-11H2,1H3. The summed E-state index contributed by atoms with van der Waals surface area (Å²) in [6, 6.07) is 8.18. The van der Waals surface area contributed by atoms with Crippen molar-refractivity contribution in [1.29, 1.82) is 0 Å². The molecule has 4 heteroatoms. The van der Waals surface area contributed by atoms with E-state index in [4.69, 9.17) is 5.11 Å². The maximum atomic E-state index is 9.44. The highest BCUT2D eigenvalue weighted by Crippen LogP contribution is 2.29. The Morgan fingerprint density at radius 1 is 1.42 bits per heavy atom. The van der Waals surface area contributed by atoms with E-state index in [2.05, 4.69) is 23.2 Å². The largest absolute Gasteiger partial charge is 0.394 e. The van der Waals surface area contributed by atoms with Crippen molar-refractivity contribution in [1.82, 2.24) is 0 Å². The number of rotatable bonds is 5. The van der Waals surface area contributed by atoms with E-state index < -0.39 is 6.10 Å². The average Bonchev–Trinajstić information content (AvgIpc) is 2.45. The molecule has 0 aromatic heterocycles. The molecule has 0 saturated carbocycles. The number of nitrogens with one attached hydrogen (secondary N) is 1. The van der Waals surface area contributed by atoms with Gasteiger partial charge in [0.1, 0.15) is 0 Å². The van der Waals surface area contributed by atoms with E-state index >= 15 is 0 Å². The maximum Gasteiger partial charge on any atom is 0.0942 e. The summed E-state index contributed by atoms with van der Waals surface area (Å²) < 4.78 is 0. The summed E-state index contributed by atoms with van der Waals surface area (Å²) in [5.74, 6) is 0.727. The van der Waals surface area contributed by atoms with Crippen LogP contribution in [0.1, 0.15) is 19.8 Å². The zero-order valence-corrected chi connectivity index (χ0v) is 11.5. The summed E-state index contributed by atoms with van der Waals surface area (Å²) in [6.45, 7) is 4.62. The molecule has 1 aliphatic rings. The van der Waals surface area contributed by atoms with Gasteiger partial charge in [0.25, 0.3) is 0 Å². The Morgan fingerprint density at radius 2 is 2.21 bits per heavy atom. The third kappa shape index (κ3) is 3.85. The summed E-state index contributed by atoms with van der Waals surface area (Å²) in [7, 11) is 0. The molecule has 2 atom stereocenters. The van der Waals surface area contributed by atoms with Crippen molar-refractivity contribution in [3.8, 4) is 0 Å². The van der Waals surface area contributed by atoms with Crippen LogP contribution in [-0.4, -0.2) is 42.6 Å². The first-order valence-electron chi connectivity index (χ1n) is 7.07. The maximum absolute atomic E-state index is 9.44. The molecule has 0 radical (unpaired) electrons. The summed E-state index contributed by atoms with van der Waals surface area (Å²) in [6.07, 6.45) is 1.82. The molecule has 1 fully saturated rings. The van der Waals surface area contributed by atoms with Gasteiger partial charge in [0, 0.05) is 19.6 Å². The van der Waals surface area contributed by atoms with E-state index in [1.54, 1.807) is 0 Å². The second-order valence-corrected chi connectivity index (χ2v) is 5.43. The zero-order chi connectivity index (χ0) is 13.7. The number of aliphatic hydroxyl groups is 2. The molecule has 0 spiro atoms. The highest BCUT2D eigenvalue weighted by molar-refractivity contribution is 5.70. The van der Waals surface area contributed by atoms with Crippen molar-refractivity contribution < 1.29 is 10.2 Å². The van der Waals surface area contributed by atoms with Crippen LogP contribution in [0.2, 0.25) is 0 Å². The molecule has 2 unspecified atom stereocenters. The number of aliphatic hydroxyl groups excluding tert-OH is 2. The van der Waals surface area contributed by atoms with Crippen LogP contribution in [0.15, 0.2) is 24.3 Å². The Hall–Kier alpha value is -1.26. The molecule has 106 valence electrons. The van der Waals surface area contributed by atoms with E-state index in [1.807, 2.05) is 18.2 Å². The number of piperidine rings is 1. The molecule has 1 aromatic rings. The predicted octanol–water partition coefficient (Wildman–Crippen LogP) is 1.69. The van der Waals surface area contributed by atoms with Gasteiger partial charge in [0.15, 0.2) is 0 Å². The summed E-state index contributed by atoms with van der Waals surface area (Å²) in [4.78, 5) is 2.40. The van der Waals surface area contributed by atoms with Gasteiger partial charge in [0.2, 0.25) is 0 Å². The molecule has 2 rings (SSSR count). The van der Waals surface area contributed by atoms with Crippen LogP contribution in [-0.2, 0) is 0 Å². The van der Waals surface area contributed by atoms with Crippen molar-refractivity contribution in [2.24, 2.45) is 5.92 Å². The van der Waals surface area contributed by atoms with Gasteiger partial charge in [-0.2, -0.15) is 0 Å². The molecular weight excluding hydrogens is 240 g/mol. The topological polar surface area (TPSA) is 55.7 Å². The molecule has 0 bridgehead atoms. The van der Waals surface area contributed by atoms with Crippen molar-refractivity contribution in [2.75, 3.05) is 36.5 Å². The van der Waals surface area contributed by atoms with Gasteiger partial charge in [-0.1, -0.05) is 19.1 Å². The molecule has 1 aromatic carbocycles. The lowest BCUT2D eigenvalue weighted by Crippen LogP contribution is -2.35. The molecule has 4 nitrogen and oxygen atoms in total. The van der Waals surface area contributed by atoms with Crippen molar-refractivity contribution in [2.45, 2.75) is 25.9 Å². The fourth-order valence-corrected chi connectivity index (χ4v) is 2.60. The van der Waals surface area contributed by atoms with Crippen LogP contribution in [0.4, 0.5) is 11.4 Å².